The average molecular weight is 376 g/mol. The smallest absolute Gasteiger partial charge is 0.223 e. The number of hydrogen-bond acceptors (Lipinski definition) is 4. The van der Waals surface area contributed by atoms with Gasteiger partial charge in [-0.25, -0.2) is 0 Å². The lowest BCUT2D eigenvalue weighted by atomic mass is 10.1. The van der Waals surface area contributed by atoms with Crippen LogP contribution in [0.1, 0.15) is 38.2 Å². The van der Waals surface area contributed by atoms with Gasteiger partial charge >= 0.3 is 0 Å². The first-order chi connectivity index (χ1) is 12.9. The fraction of sp³-hybridized carbons (Fsp3) is 0.619. The first-order valence-electron chi connectivity index (χ1n) is 9.76. The second kappa shape index (κ2) is 10.3. The van der Waals surface area contributed by atoms with E-state index in [1.807, 2.05) is 45.3 Å². The highest BCUT2D eigenvalue weighted by atomic mass is 16.5. The summed E-state index contributed by atoms with van der Waals surface area (Å²) in [6, 6.07) is 8.57. The summed E-state index contributed by atoms with van der Waals surface area (Å²) in [6.07, 6.45) is 3.35. The van der Waals surface area contributed by atoms with Gasteiger partial charge in [0, 0.05) is 45.6 Å². The van der Waals surface area contributed by atoms with E-state index < -0.39 is 0 Å². The molecule has 0 saturated carbocycles. The van der Waals surface area contributed by atoms with Crippen molar-refractivity contribution >= 4 is 11.8 Å². The van der Waals surface area contributed by atoms with Crippen LogP contribution in [0.4, 0.5) is 0 Å². The van der Waals surface area contributed by atoms with Gasteiger partial charge in [-0.2, -0.15) is 0 Å². The number of carbonyl (C=O) groups excluding carboxylic acids is 2. The summed E-state index contributed by atoms with van der Waals surface area (Å²) in [7, 11) is 3.91. The van der Waals surface area contributed by atoms with Crippen LogP contribution in [0.2, 0.25) is 0 Å². The van der Waals surface area contributed by atoms with Gasteiger partial charge in [0.05, 0.1) is 6.61 Å². The molecular weight excluding hydrogens is 342 g/mol. The number of benzene rings is 1. The SMILES string of the molecule is CC(=O)NC[C@H]1CC[C@@H](CC(=O)N(C)CCCOc2cccc(C)c2)N1C. The standard InChI is InChI=1S/C21H33N3O3/c1-16-7-5-8-20(13-16)27-12-6-11-23(3)21(26)14-18-9-10-19(24(18)4)15-22-17(2)25/h5,7-8,13,18-19H,6,9-12,14-15H2,1-4H3,(H,22,25)/t18-,19+/m0/s1. The van der Waals surface area contributed by atoms with E-state index >= 15 is 0 Å². The van der Waals surface area contributed by atoms with Crippen LogP contribution in [0, 0.1) is 6.92 Å². The quantitative estimate of drug-likeness (QED) is 0.672. The first-order valence-corrected chi connectivity index (χ1v) is 9.76. The normalized spacial score (nSPS) is 19.7. The molecule has 2 amide bonds. The van der Waals surface area contributed by atoms with Crippen molar-refractivity contribution < 1.29 is 14.3 Å². The summed E-state index contributed by atoms with van der Waals surface area (Å²) in [5.74, 6) is 1.04. The van der Waals surface area contributed by atoms with Crippen LogP contribution in [0.5, 0.6) is 5.75 Å². The fourth-order valence-electron chi connectivity index (χ4n) is 3.52. The largest absolute Gasteiger partial charge is 0.494 e. The van der Waals surface area contributed by atoms with Crippen molar-refractivity contribution in [2.24, 2.45) is 0 Å². The van der Waals surface area contributed by atoms with Crippen LogP contribution in [0.15, 0.2) is 24.3 Å². The van der Waals surface area contributed by atoms with Gasteiger partial charge in [0.25, 0.3) is 0 Å². The number of aryl methyl sites for hydroxylation is 1. The third-order valence-electron chi connectivity index (χ3n) is 5.30. The Labute approximate surface area is 162 Å². The zero-order valence-corrected chi connectivity index (χ0v) is 17.0. The Hall–Kier alpha value is -2.08. The number of hydrogen-bond donors (Lipinski definition) is 1. The Morgan fingerprint density at radius 3 is 2.74 bits per heavy atom. The second-order valence-corrected chi connectivity index (χ2v) is 7.53. The molecule has 6 heteroatoms. The maximum Gasteiger partial charge on any atom is 0.223 e. The molecule has 1 fully saturated rings. The molecular formula is C21H33N3O3. The number of rotatable bonds is 9. The summed E-state index contributed by atoms with van der Waals surface area (Å²) in [4.78, 5) is 27.6. The third kappa shape index (κ3) is 6.86. The number of amides is 2. The third-order valence-corrected chi connectivity index (χ3v) is 5.30. The number of nitrogens with one attached hydrogen (secondary N) is 1. The van der Waals surface area contributed by atoms with E-state index in [1.165, 1.54) is 12.5 Å². The Bertz CT molecular complexity index is 635. The number of likely N-dealkylation sites (tertiary alicyclic amines) is 1. The predicted molar refractivity (Wildman–Crippen MR) is 107 cm³/mol. The van der Waals surface area contributed by atoms with Gasteiger partial charge in [-0.3, -0.25) is 14.5 Å². The second-order valence-electron chi connectivity index (χ2n) is 7.53. The topological polar surface area (TPSA) is 61.9 Å². The molecule has 2 atom stereocenters. The van der Waals surface area contributed by atoms with Gasteiger partial charge in [-0.1, -0.05) is 12.1 Å². The van der Waals surface area contributed by atoms with E-state index in [0.717, 1.165) is 25.0 Å². The monoisotopic (exact) mass is 375 g/mol. The fourth-order valence-corrected chi connectivity index (χ4v) is 3.52. The molecule has 1 heterocycles. The number of likely N-dealkylation sites (N-methyl/N-ethyl adjacent to an activating group) is 1. The lowest BCUT2D eigenvalue weighted by molar-refractivity contribution is -0.131. The molecule has 150 valence electrons. The minimum atomic E-state index is -0.00413. The van der Waals surface area contributed by atoms with Crippen molar-refractivity contribution in [1.29, 1.82) is 0 Å². The highest BCUT2D eigenvalue weighted by molar-refractivity contribution is 5.76. The molecule has 0 bridgehead atoms. The van der Waals surface area contributed by atoms with E-state index in [4.69, 9.17) is 4.74 Å². The summed E-state index contributed by atoms with van der Waals surface area (Å²) < 4.78 is 5.75. The van der Waals surface area contributed by atoms with Gasteiger partial charge in [0.1, 0.15) is 5.75 Å². The number of nitrogens with zero attached hydrogens (tertiary/aromatic N) is 2. The lowest BCUT2D eigenvalue weighted by Gasteiger charge is -2.27. The molecule has 1 saturated heterocycles. The maximum absolute atomic E-state index is 12.5. The minimum absolute atomic E-state index is 0.00413. The highest BCUT2D eigenvalue weighted by Crippen LogP contribution is 2.24. The Morgan fingerprint density at radius 2 is 2.04 bits per heavy atom. The number of carbonyl (C=O) groups is 2. The molecule has 0 spiro atoms. The van der Waals surface area contributed by atoms with Crippen LogP contribution < -0.4 is 10.1 Å². The minimum Gasteiger partial charge on any atom is -0.494 e. The van der Waals surface area contributed by atoms with Crippen molar-refractivity contribution in [2.45, 2.75) is 51.6 Å². The van der Waals surface area contributed by atoms with Gasteiger partial charge in [-0.15, -0.1) is 0 Å². The van der Waals surface area contributed by atoms with Gasteiger partial charge in [-0.05, 0) is 50.9 Å². The Balaban J connectivity index is 1.67. The van der Waals surface area contributed by atoms with Crippen LogP contribution in [-0.2, 0) is 9.59 Å². The van der Waals surface area contributed by atoms with Gasteiger partial charge in [0.2, 0.25) is 11.8 Å². The summed E-state index contributed by atoms with van der Waals surface area (Å²) in [5.41, 5.74) is 1.18. The zero-order valence-electron chi connectivity index (χ0n) is 17.0. The molecule has 2 rings (SSSR count). The van der Waals surface area contributed by atoms with Crippen molar-refractivity contribution in [2.75, 3.05) is 33.8 Å². The van der Waals surface area contributed by atoms with Crippen molar-refractivity contribution in [3.63, 3.8) is 0 Å². The van der Waals surface area contributed by atoms with Crippen LogP contribution in [0.25, 0.3) is 0 Å². The molecule has 1 aliphatic heterocycles. The molecule has 6 nitrogen and oxygen atoms in total. The van der Waals surface area contributed by atoms with E-state index in [-0.39, 0.29) is 17.9 Å². The van der Waals surface area contributed by atoms with Crippen molar-refractivity contribution in [1.82, 2.24) is 15.1 Å². The number of ether oxygens (including phenoxy) is 1. The molecule has 0 radical (unpaired) electrons. The lowest BCUT2D eigenvalue weighted by Crippen LogP contribution is -2.42. The van der Waals surface area contributed by atoms with E-state index in [9.17, 15) is 9.59 Å². The van der Waals surface area contributed by atoms with Crippen LogP contribution in [-0.4, -0.2) is 67.5 Å². The van der Waals surface area contributed by atoms with E-state index in [0.29, 0.717) is 32.2 Å². The molecule has 1 N–H and O–H groups in total. The summed E-state index contributed by atoms with van der Waals surface area (Å²) >= 11 is 0. The van der Waals surface area contributed by atoms with Gasteiger partial charge in [0.15, 0.2) is 0 Å². The molecule has 1 aromatic rings. The molecule has 1 aliphatic rings. The predicted octanol–water partition coefficient (Wildman–Crippen LogP) is 2.21. The zero-order chi connectivity index (χ0) is 19.8. The van der Waals surface area contributed by atoms with Crippen LogP contribution >= 0.6 is 0 Å². The van der Waals surface area contributed by atoms with Crippen LogP contribution in [0.3, 0.4) is 0 Å². The molecule has 27 heavy (non-hydrogen) atoms. The summed E-state index contributed by atoms with van der Waals surface area (Å²) in [6.45, 7) is 5.52. The van der Waals surface area contributed by atoms with E-state index in [1.54, 1.807) is 4.90 Å². The van der Waals surface area contributed by atoms with E-state index in [2.05, 4.69) is 10.2 Å². The molecule has 1 aromatic carbocycles. The van der Waals surface area contributed by atoms with Gasteiger partial charge < -0.3 is 15.0 Å². The highest BCUT2D eigenvalue weighted by Gasteiger charge is 2.32. The Morgan fingerprint density at radius 1 is 1.30 bits per heavy atom. The first kappa shape index (κ1) is 21.2. The Kier molecular flexibility index (Phi) is 8.10. The average Bonchev–Trinajstić information content (AvgIpc) is 2.96. The summed E-state index contributed by atoms with van der Waals surface area (Å²) in [5, 5.41) is 2.88. The van der Waals surface area contributed by atoms with Crippen molar-refractivity contribution in [3.05, 3.63) is 29.8 Å². The van der Waals surface area contributed by atoms with Crippen molar-refractivity contribution in [3.8, 4) is 5.75 Å². The molecule has 0 aliphatic carbocycles. The maximum atomic E-state index is 12.5. The molecule has 0 aromatic heterocycles. The molecule has 0 unspecified atom stereocenters.